The zero-order valence-electron chi connectivity index (χ0n) is 9.68. The van der Waals surface area contributed by atoms with Crippen LogP contribution in [-0.4, -0.2) is 21.0 Å². The van der Waals surface area contributed by atoms with E-state index in [1.165, 1.54) is 0 Å². The number of aliphatic carboxylic acids is 1. The first-order valence-corrected chi connectivity index (χ1v) is 7.25. The molecule has 0 aliphatic rings. The van der Waals surface area contributed by atoms with Crippen LogP contribution in [0.5, 0.6) is 0 Å². The lowest BCUT2D eigenvalue weighted by atomic mass is 10.1. The molecule has 0 saturated heterocycles. The summed E-state index contributed by atoms with van der Waals surface area (Å²) in [6.45, 7) is 0. The van der Waals surface area contributed by atoms with Crippen molar-refractivity contribution in [1.82, 2.24) is 9.97 Å². The molecule has 4 nitrogen and oxygen atoms in total. The van der Waals surface area contributed by atoms with Crippen molar-refractivity contribution in [3.63, 3.8) is 0 Å². The second-order valence-corrected chi connectivity index (χ2v) is 5.73. The summed E-state index contributed by atoms with van der Waals surface area (Å²) in [4.78, 5) is 18.2. The quantitative estimate of drug-likeness (QED) is 0.766. The molecule has 0 saturated carbocycles. The number of nitrogens with one attached hydrogen (secondary N) is 1. The minimum Gasteiger partial charge on any atom is -0.481 e. The highest BCUT2D eigenvalue weighted by atomic mass is 79.9. The fourth-order valence-corrected chi connectivity index (χ4v) is 3.40. The smallest absolute Gasteiger partial charge is 0.309 e. The molecule has 96 valence electrons. The number of halogens is 1. The number of nitrogens with zero attached hydrogens (tertiary/aromatic N) is 1. The first-order chi connectivity index (χ1) is 9.15. The Labute approximate surface area is 121 Å². The van der Waals surface area contributed by atoms with Gasteiger partial charge in [0.25, 0.3) is 0 Å². The van der Waals surface area contributed by atoms with Crippen LogP contribution < -0.4 is 0 Å². The number of aromatic amines is 1. The summed E-state index contributed by atoms with van der Waals surface area (Å²) in [5.41, 5.74) is 2.29. The van der Waals surface area contributed by atoms with Gasteiger partial charge in [-0.15, -0.1) is 11.3 Å². The normalized spacial score (nSPS) is 11.0. The molecule has 3 rings (SSSR count). The van der Waals surface area contributed by atoms with Crippen LogP contribution in [0.3, 0.4) is 0 Å². The number of carboxylic acid groups (broad SMARTS) is 1. The first kappa shape index (κ1) is 12.4. The maximum absolute atomic E-state index is 10.9. The van der Waals surface area contributed by atoms with Crippen molar-refractivity contribution in [3.05, 3.63) is 40.1 Å². The van der Waals surface area contributed by atoms with Crippen molar-refractivity contribution in [2.24, 2.45) is 0 Å². The molecule has 3 aromatic rings. The number of benzene rings is 1. The molecule has 0 radical (unpaired) electrons. The summed E-state index contributed by atoms with van der Waals surface area (Å²) in [6, 6.07) is 8.02. The molecule has 0 aliphatic carbocycles. The summed E-state index contributed by atoms with van der Waals surface area (Å²) < 4.78 is 1.71. The number of aromatic nitrogens is 2. The fraction of sp³-hybridized carbons (Fsp3) is 0.0769. The number of H-pyrrole nitrogens is 1. The Morgan fingerprint density at radius 2 is 2.21 bits per heavy atom. The molecule has 0 spiro atoms. The molecule has 0 atom stereocenters. The van der Waals surface area contributed by atoms with E-state index < -0.39 is 5.97 Å². The van der Waals surface area contributed by atoms with E-state index in [2.05, 4.69) is 25.9 Å². The van der Waals surface area contributed by atoms with Crippen molar-refractivity contribution in [3.8, 4) is 11.3 Å². The van der Waals surface area contributed by atoms with Gasteiger partial charge >= 0.3 is 5.97 Å². The summed E-state index contributed by atoms with van der Waals surface area (Å²) >= 11 is 4.90. The van der Waals surface area contributed by atoms with E-state index in [4.69, 9.17) is 5.11 Å². The summed E-state index contributed by atoms with van der Waals surface area (Å²) in [5, 5.41) is 12.1. The van der Waals surface area contributed by atoms with Crippen LogP contribution >= 0.6 is 27.3 Å². The average Bonchev–Trinajstić information content (AvgIpc) is 2.92. The van der Waals surface area contributed by atoms with E-state index in [0.717, 1.165) is 15.6 Å². The van der Waals surface area contributed by atoms with Gasteiger partial charge in [0.1, 0.15) is 0 Å². The van der Waals surface area contributed by atoms with Gasteiger partial charge in [0.15, 0.2) is 4.73 Å². The molecule has 6 heteroatoms. The van der Waals surface area contributed by atoms with Gasteiger partial charge < -0.3 is 10.1 Å². The minimum atomic E-state index is -0.878. The highest BCUT2D eigenvalue weighted by Gasteiger charge is 2.16. The topological polar surface area (TPSA) is 66.0 Å². The van der Waals surface area contributed by atoms with E-state index in [1.54, 1.807) is 11.3 Å². The van der Waals surface area contributed by atoms with Crippen molar-refractivity contribution in [2.75, 3.05) is 0 Å². The molecule has 0 amide bonds. The Morgan fingerprint density at radius 3 is 3.00 bits per heavy atom. The van der Waals surface area contributed by atoms with Gasteiger partial charge in [0.2, 0.25) is 0 Å². The van der Waals surface area contributed by atoms with Crippen LogP contribution in [0.2, 0.25) is 0 Å². The van der Waals surface area contributed by atoms with Gasteiger partial charge in [-0.2, -0.15) is 0 Å². The van der Waals surface area contributed by atoms with Crippen LogP contribution in [0, 0.1) is 0 Å². The number of rotatable bonds is 3. The van der Waals surface area contributed by atoms with E-state index >= 15 is 0 Å². The van der Waals surface area contributed by atoms with E-state index in [1.807, 2.05) is 29.6 Å². The zero-order valence-corrected chi connectivity index (χ0v) is 12.1. The molecule has 1 aromatic carbocycles. The largest absolute Gasteiger partial charge is 0.481 e. The molecular weight excluding hydrogens is 328 g/mol. The number of imidazole rings is 1. The molecular formula is C13H9BrN2O2S. The molecule has 2 aromatic heterocycles. The number of carbonyl (C=O) groups is 1. The van der Waals surface area contributed by atoms with Crippen LogP contribution in [0.15, 0.2) is 34.4 Å². The highest BCUT2D eigenvalue weighted by molar-refractivity contribution is 9.10. The van der Waals surface area contributed by atoms with Crippen LogP contribution in [0.25, 0.3) is 21.3 Å². The lowest BCUT2D eigenvalue weighted by Gasteiger charge is -1.99. The average molecular weight is 337 g/mol. The fourth-order valence-electron chi connectivity index (χ4n) is 2.04. The van der Waals surface area contributed by atoms with E-state index in [0.29, 0.717) is 16.1 Å². The highest BCUT2D eigenvalue weighted by Crippen LogP contribution is 2.35. The van der Waals surface area contributed by atoms with E-state index in [-0.39, 0.29) is 6.42 Å². The molecule has 0 unspecified atom stereocenters. The predicted molar refractivity (Wildman–Crippen MR) is 78.4 cm³/mol. The number of hydrogen-bond donors (Lipinski definition) is 2. The lowest BCUT2D eigenvalue weighted by molar-refractivity contribution is -0.136. The SMILES string of the molecule is O=C(O)Cc1[nH]c(Br)nc1-c1csc2ccccc12. The number of carboxylic acids is 1. The summed E-state index contributed by atoms with van der Waals surface area (Å²) in [7, 11) is 0. The summed E-state index contributed by atoms with van der Waals surface area (Å²) in [6.07, 6.45) is -0.0713. The minimum absolute atomic E-state index is 0.0713. The Bertz CT molecular complexity index is 763. The number of thiophene rings is 1. The zero-order chi connectivity index (χ0) is 13.4. The molecule has 2 N–H and O–H groups in total. The predicted octanol–water partition coefficient (Wildman–Crippen LogP) is 3.68. The van der Waals surface area contributed by atoms with Crippen molar-refractivity contribution in [2.45, 2.75) is 6.42 Å². The third kappa shape index (κ3) is 2.29. The molecule has 0 bridgehead atoms. The standard InChI is InChI=1S/C13H9BrN2O2S/c14-13-15-9(5-11(17)18)12(16-13)8-6-19-10-4-2-1-3-7(8)10/h1-4,6H,5H2,(H,15,16)(H,17,18). The van der Waals surface area contributed by atoms with Crippen molar-refractivity contribution >= 4 is 43.3 Å². The van der Waals surface area contributed by atoms with Gasteiger partial charge in [-0.25, -0.2) is 4.98 Å². The second-order valence-electron chi connectivity index (χ2n) is 4.07. The van der Waals surface area contributed by atoms with Crippen LogP contribution in [0.4, 0.5) is 0 Å². The third-order valence-corrected chi connectivity index (χ3v) is 4.15. The van der Waals surface area contributed by atoms with Crippen LogP contribution in [-0.2, 0) is 11.2 Å². The first-order valence-electron chi connectivity index (χ1n) is 5.58. The van der Waals surface area contributed by atoms with Gasteiger partial charge in [-0.05, 0) is 22.0 Å². The lowest BCUT2D eigenvalue weighted by Crippen LogP contribution is -2.01. The van der Waals surface area contributed by atoms with Gasteiger partial charge in [-0.3, -0.25) is 4.79 Å². The Balaban J connectivity index is 2.18. The Hall–Kier alpha value is -1.66. The van der Waals surface area contributed by atoms with E-state index in [9.17, 15) is 4.79 Å². The number of fused-ring (bicyclic) bond motifs is 1. The molecule has 19 heavy (non-hydrogen) atoms. The Kier molecular flexibility index (Phi) is 3.12. The number of hydrogen-bond acceptors (Lipinski definition) is 3. The third-order valence-electron chi connectivity index (χ3n) is 2.81. The van der Waals surface area contributed by atoms with Gasteiger partial charge in [0.05, 0.1) is 17.8 Å². The maximum atomic E-state index is 10.9. The second kappa shape index (κ2) is 4.79. The van der Waals surface area contributed by atoms with Gasteiger partial charge in [0, 0.05) is 21.0 Å². The molecule has 0 aliphatic heterocycles. The Morgan fingerprint density at radius 1 is 1.42 bits per heavy atom. The van der Waals surface area contributed by atoms with Crippen LogP contribution in [0.1, 0.15) is 5.69 Å². The van der Waals surface area contributed by atoms with Crippen molar-refractivity contribution < 1.29 is 9.90 Å². The molecule has 2 heterocycles. The monoisotopic (exact) mass is 336 g/mol. The maximum Gasteiger partial charge on any atom is 0.309 e. The van der Waals surface area contributed by atoms with Crippen molar-refractivity contribution in [1.29, 1.82) is 0 Å². The molecule has 0 fully saturated rings. The summed E-state index contributed by atoms with van der Waals surface area (Å²) in [5.74, 6) is -0.878. The van der Waals surface area contributed by atoms with Gasteiger partial charge in [-0.1, -0.05) is 18.2 Å².